The molecule has 0 radical (unpaired) electrons. The quantitative estimate of drug-likeness (QED) is 0.361. The number of benzene rings is 3. The summed E-state index contributed by atoms with van der Waals surface area (Å²) in [7, 11) is -3.94. The summed E-state index contributed by atoms with van der Waals surface area (Å²) in [6, 6.07) is 15.4. The van der Waals surface area contributed by atoms with Crippen LogP contribution in [0.2, 0.25) is 5.02 Å². The van der Waals surface area contributed by atoms with E-state index in [1.165, 1.54) is 24.3 Å². The van der Waals surface area contributed by atoms with Gasteiger partial charge in [0.2, 0.25) is 0 Å². The van der Waals surface area contributed by atoms with E-state index in [2.05, 4.69) is 4.72 Å². The van der Waals surface area contributed by atoms with Crippen LogP contribution in [0.15, 0.2) is 71.6 Å². The molecule has 4 rings (SSSR count). The van der Waals surface area contributed by atoms with E-state index >= 15 is 0 Å². The van der Waals surface area contributed by atoms with Gasteiger partial charge in [-0.3, -0.25) is 9.52 Å². The summed E-state index contributed by atoms with van der Waals surface area (Å²) in [6.07, 6.45) is -4.43. The van der Waals surface area contributed by atoms with Crippen LogP contribution in [-0.2, 0) is 21.0 Å². The van der Waals surface area contributed by atoms with E-state index in [0.29, 0.717) is 49.9 Å². The highest BCUT2D eigenvalue weighted by atomic mass is 35.5. The van der Waals surface area contributed by atoms with Gasteiger partial charge in [-0.25, -0.2) is 8.42 Å². The van der Waals surface area contributed by atoms with Crippen molar-refractivity contribution in [1.82, 2.24) is 4.90 Å². The monoisotopic (exact) mass is 597 g/mol. The first-order valence-electron chi connectivity index (χ1n) is 12.3. The predicted octanol–water partition coefficient (Wildman–Crippen LogP) is 5.29. The second kappa shape index (κ2) is 12.3. The van der Waals surface area contributed by atoms with Gasteiger partial charge in [0.05, 0.1) is 22.1 Å². The van der Waals surface area contributed by atoms with Gasteiger partial charge in [-0.1, -0.05) is 17.7 Å². The molecule has 1 N–H and O–H groups in total. The smallest absolute Gasteiger partial charge is 0.416 e. The number of piperazine rings is 1. The molecule has 1 amide bonds. The minimum Gasteiger partial charge on any atom is -0.494 e. The molecule has 0 unspecified atom stereocenters. The normalized spacial score (nSPS) is 14.1. The van der Waals surface area contributed by atoms with Gasteiger partial charge in [-0.15, -0.1) is 0 Å². The Morgan fingerprint density at radius 3 is 2.30 bits per heavy atom. The summed E-state index contributed by atoms with van der Waals surface area (Å²) in [4.78, 5) is 15.9. The Hall–Kier alpha value is -3.64. The zero-order valence-electron chi connectivity index (χ0n) is 21.4. The molecule has 0 atom stereocenters. The zero-order valence-corrected chi connectivity index (χ0v) is 23.0. The predicted molar refractivity (Wildman–Crippen MR) is 146 cm³/mol. The number of alkyl halides is 3. The second-order valence-corrected chi connectivity index (χ2v) is 10.9. The molecule has 0 saturated carbocycles. The highest BCUT2D eigenvalue weighted by molar-refractivity contribution is 7.92. The molecule has 1 aliphatic heterocycles. The Bertz CT molecular complexity index is 1440. The van der Waals surface area contributed by atoms with Gasteiger partial charge in [0, 0.05) is 37.6 Å². The van der Waals surface area contributed by atoms with Crippen LogP contribution in [0.25, 0.3) is 0 Å². The first kappa shape index (κ1) is 29.3. The number of ether oxygens (including phenoxy) is 2. The highest BCUT2D eigenvalue weighted by Gasteiger charge is 2.31. The molecule has 40 heavy (non-hydrogen) atoms. The summed E-state index contributed by atoms with van der Waals surface area (Å²) >= 11 is 6.25. The Balaban J connectivity index is 1.30. The summed E-state index contributed by atoms with van der Waals surface area (Å²) in [5.41, 5.74) is 0.0650. The van der Waals surface area contributed by atoms with Crippen molar-refractivity contribution >= 4 is 38.9 Å². The zero-order chi connectivity index (χ0) is 28.9. The van der Waals surface area contributed by atoms with Gasteiger partial charge in [0.25, 0.3) is 15.9 Å². The first-order chi connectivity index (χ1) is 19.0. The van der Waals surface area contributed by atoms with Gasteiger partial charge >= 0.3 is 6.18 Å². The van der Waals surface area contributed by atoms with Gasteiger partial charge in [0.1, 0.15) is 11.5 Å². The number of carbonyl (C=O) groups excluding carboxylic acids is 1. The molecule has 13 heteroatoms. The van der Waals surface area contributed by atoms with Crippen molar-refractivity contribution in [3.8, 4) is 11.5 Å². The lowest BCUT2D eigenvalue weighted by molar-refractivity contribution is -0.137. The van der Waals surface area contributed by atoms with Gasteiger partial charge in [-0.2, -0.15) is 13.2 Å². The lowest BCUT2D eigenvalue weighted by Crippen LogP contribution is -2.50. The van der Waals surface area contributed by atoms with Crippen molar-refractivity contribution in [3.63, 3.8) is 0 Å². The Morgan fingerprint density at radius 1 is 0.975 bits per heavy atom. The molecule has 0 spiro atoms. The number of rotatable bonds is 9. The molecule has 3 aromatic carbocycles. The van der Waals surface area contributed by atoms with E-state index in [4.69, 9.17) is 21.1 Å². The summed E-state index contributed by atoms with van der Waals surface area (Å²) in [6.45, 7) is 3.34. The van der Waals surface area contributed by atoms with E-state index in [1.54, 1.807) is 40.1 Å². The number of nitrogens with zero attached hydrogens (tertiary/aromatic N) is 2. The van der Waals surface area contributed by atoms with E-state index in [1.807, 2.05) is 6.92 Å². The Kier molecular flexibility index (Phi) is 8.99. The Morgan fingerprint density at radius 2 is 1.68 bits per heavy atom. The third-order valence-corrected chi connectivity index (χ3v) is 7.83. The van der Waals surface area contributed by atoms with Crippen LogP contribution >= 0.6 is 11.6 Å². The van der Waals surface area contributed by atoms with Crippen LogP contribution in [0, 0.1) is 0 Å². The lowest BCUT2D eigenvalue weighted by Gasteiger charge is -2.36. The minimum atomic E-state index is -4.43. The summed E-state index contributed by atoms with van der Waals surface area (Å²) in [5.74, 6) is 0.424. The maximum absolute atomic E-state index is 13.0. The fourth-order valence-electron chi connectivity index (χ4n) is 4.09. The van der Waals surface area contributed by atoms with Crippen LogP contribution in [-0.4, -0.2) is 58.6 Å². The standard InChI is InChI=1S/C27H27ClF3N3O5S/c1-2-38-22-8-6-20(7-9-22)32-40(36,37)23-10-11-25(24(28)17-23)39-18-26(35)34-14-12-33(13-15-34)21-5-3-4-19(16-21)27(29,30)31/h3-11,16-17,32H,2,12-15,18H2,1H3. The maximum Gasteiger partial charge on any atom is 0.416 e. The number of carbonyl (C=O) groups is 1. The van der Waals surface area contributed by atoms with Crippen LogP contribution in [0.4, 0.5) is 24.5 Å². The lowest BCUT2D eigenvalue weighted by atomic mass is 10.1. The molecular weight excluding hydrogens is 571 g/mol. The largest absolute Gasteiger partial charge is 0.494 e. The highest BCUT2D eigenvalue weighted by Crippen LogP contribution is 2.32. The van der Waals surface area contributed by atoms with Gasteiger partial charge < -0.3 is 19.3 Å². The van der Waals surface area contributed by atoms with Crippen molar-refractivity contribution in [2.75, 3.05) is 49.0 Å². The van der Waals surface area contributed by atoms with E-state index in [9.17, 15) is 26.4 Å². The number of nitrogens with one attached hydrogen (secondary N) is 1. The molecule has 1 fully saturated rings. The number of hydrogen-bond acceptors (Lipinski definition) is 6. The van der Waals surface area contributed by atoms with Crippen LogP contribution in [0.5, 0.6) is 11.5 Å². The van der Waals surface area contributed by atoms with E-state index < -0.39 is 21.8 Å². The molecule has 214 valence electrons. The average Bonchev–Trinajstić information content (AvgIpc) is 2.93. The van der Waals surface area contributed by atoms with E-state index in [0.717, 1.165) is 12.1 Å². The van der Waals surface area contributed by atoms with Crippen LogP contribution < -0.4 is 19.1 Å². The van der Waals surface area contributed by atoms with E-state index in [-0.39, 0.29) is 28.2 Å². The minimum absolute atomic E-state index is 0.0109. The van der Waals surface area contributed by atoms with Crippen molar-refractivity contribution in [2.24, 2.45) is 0 Å². The fourth-order valence-corrected chi connectivity index (χ4v) is 5.47. The average molecular weight is 598 g/mol. The second-order valence-electron chi connectivity index (χ2n) is 8.86. The number of amides is 1. The number of hydrogen-bond donors (Lipinski definition) is 1. The van der Waals surface area contributed by atoms with Crippen LogP contribution in [0.1, 0.15) is 12.5 Å². The molecule has 8 nitrogen and oxygen atoms in total. The topological polar surface area (TPSA) is 88.2 Å². The molecular formula is C27H27ClF3N3O5S. The van der Waals surface area contributed by atoms with Crippen molar-refractivity contribution in [1.29, 1.82) is 0 Å². The molecule has 3 aromatic rings. The number of halogens is 4. The van der Waals surface area contributed by atoms with Crippen molar-refractivity contribution in [2.45, 2.75) is 18.0 Å². The third-order valence-electron chi connectivity index (χ3n) is 6.15. The Labute approximate surface area is 235 Å². The molecule has 1 heterocycles. The van der Waals surface area contributed by atoms with Crippen LogP contribution in [0.3, 0.4) is 0 Å². The van der Waals surface area contributed by atoms with Gasteiger partial charge in [0.15, 0.2) is 6.61 Å². The fraction of sp³-hybridized carbons (Fsp3) is 0.296. The SMILES string of the molecule is CCOc1ccc(NS(=O)(=O)c2ccc(OCC(=O)N3CCN(c4cccc(C(F)(F)F)c4)CC3)c(Cl)c2)cc1. The number of sulfonamides is 1. The molecule has 1 aliphatic rings. The first-order valence-corrected chi connectivity index (χ1v) is 14.2. The molecule has 0 bridgehead atoms. The third kappa shape index (κ3) is 7.30. The van der Waals surface area contributed by atoms with Crippen molar-refractivity contribution in [3.05, 3.63) is 77.3 Å². The summed E-state index contributed by atoms with van der Waals surface area (Å²) in [5, 5.41) is 0.0109. The van der Waals surface area contributed by atoms with Gasteiger partial charge in [-0.05, 0) is 67.6 Å². The number of anilines is 2. The molecule has 0 aromatic heterocycles. The maximum atomic E-state index is 13.0. The van der Waals surface area contributed by atoms with Crippen molar-refractivity contribution < 1.29 is 35.9 Å². The summed E-state index contributed by atoms with van der Waals surface area (Å²) < 4.78 is 78.0. The molecule has 1 saturated heterocycles. The molecule has 0 aliphatic carbocycles.